The highest BCUT2D eigenvalue weighted by Gasteiger charge is 2.28. The Balaban J connectivity index is 1.63. The number of carbonyl (C=O) groups is 1. The number of rotatable bonds is 3. The molecule has 0 aromatic carbocycles. The first kappa shape index (κ1) is 17.5. The Morgan fingerprint density at radius 2 is 2.00 bits per heavy atom. The van der Waals surface area contributed by atoms with E-state index in [4.69, 9.17) is 4.74 Å². The van der Waals surface area contributed by atoms with Gasteiger partial charge in [0.15, 0.2) is 0 Å². The summed E-state index contributed by atoms with van der Waals surface area (Å²) in [4.78, 5) is 19.6. The molecule has 2 aliphatic heterocycles. The smallest absolute Gasteiger partial charge is 0.242 e. The monoisotopic (exact) mass is 356 g/mol. The highest BCUT2D eigenvalue weighted by Crippen LogP contribution is 2.30. The molecule has 2 saturated heterocycles. The molecule has 1 amide bonds. The standard InChI is InChI=1S/C20H28N4O2/c1-14-11-23(12-15(2)26-14)19(25)13-24-18(16-5-8-21-9-6-16)10-17-4-3-7-22-20(17)24/h3-4,7,10,14-16,21H,5-6,8-9,11-13H2,1-2H3/t14-,15-/m1/s1. The van der Waals surface area contributed by atoms with E-state index in [1.807, 2.05) is 31.0 Å². The van der Waals surface area contributed by atoms with Crippen LogP contribution in [0.5, 0.6) is 0 Å². The Morgan fingerprint density at radius 3 is 2.73 bits per heavy atom. The van der Waals surface area contributed by atoms with Gasteiger partial charge >= 0.3 is 0 Å². The first-order chi connectivity index (χ1) is 12.6. The topological polar surface area (TPSA) is 59.4 Å². The van der Waals surface area contributed by atoms with Crippen molar-refractivity contribution in [3.63, 3.8) is 0 Å². The largest absolute Gasteiger partial charge is 0.372 e. The van der Waals surface area contributed by atoms with Gasteiger partial charge in [-0.25, -0.2) is 4.98 Å². The van der Waals surface area contributed by atoms with Crippen molar-refractivity contribution in [3.8, 4) is 0 Å². The Hall–Kier alpha value is -1.92. The van der Waals surface area contributed by atoms with Crippen LogP contribution in [0, 0.1) is 0 Å². The molecule has 2 atom stereocenters. The first-order valence-electron chi connectivity index (χ1n) is 9.70. The second-order valence-corrected chi connectivity index (χ2v) is 7.65. The summed E-state index contributed by atoms with van der Waals surface area (Å²) in [6.07, 6.45) is 4.21. The van der Waals surface area contributed by atoms with E-state index in [-0.39, 0.29) is 18.1 Å². The van der Waals surface area contributed by atoms with Crippen LogP contribution in [-0.2, 0) is 16.1 Å². The van der Waals surface area contributed by atoms with E-state index in [1.165, 1.54) is 5.69 Å². The lowest BCUT2D eigenvalue weighted by Gasteiger charge is -2.35. The van der Waals surface area contributed by atoms with Gasteiger partial charge in [-0.2, -0.15) is 0 Å². The lowest BCUT2D eigenvalue weighted by Crippen LogP contribution is -2.49. The molecule has 0 bridgehead atoms. The van der Waals surface area contributed by atoms with Crippen molar-refractivity contribution >= 4 is 16.9 Å². The Morgan fingerprint density at radius 1 is 1.27 bits per heavy atom. The molecule has 4 rings (SSSR count). The number of fused-ring (bicyclic) bond motifs is 1. The molecule has 0 unspecified atom stereocenters. The first-order valence-corrected chi connectivity index (χ1v) is 9.70. The Labute approximate surface area is 154 Å². The number of nitrogens with zero attached hydrogens (tertiary/aromatic N) is 3. The number of aromatic nitrogens is 2. The molecule has 6 heteroatoms. The fourth-order valence-corrected chi connectivity index (χ4v) is 4.35. The maximum Gasteiger partial charge on any atom is 0.242 e. The number of ether oxygens (including phenoxy) is 1. The number of amides is 1. The van der Waals surface area contributed by atoms with Gasteiger partial charge in [-0.3, -0.25) is 4.79 Å². The summed E-state index contributed by atoms with van der Waals surface area (Å²) < 4.78 is 7.92. The number of hydrogen-bond donors (Lipinski definition) is 1. The third-order valence-electron chi connectivity index (χ3n) is 5.51. The molecule has 0 radical (unpaired) electrons. The Bertz CT molecular complexity index is 771. The van der Waals surface area contributed by atoms with E-state index >= 15 is 0 Å². The fraction of sp³-hybridized carbons (Fsp3) is 0.600. The molecule has 2 fully saturated rings. The number of pyridine rings is 1. The summed E-state index contributed by atoms with van der Waals surface area (Å²) in [5.74, 6) is 0.645. The van der Waals surface area contributed by atoms with Crippen LogP contribution in [0.2, 0.25) is 0 Å². The normalized spacial score (nSPS) is 24.9. The van der Waals surface area contributed by atoms with Gasteiger partial charge in [-0.15, -0.1) is 0 Å². The second-order valence-electron chi connectivity index (χ2n) is 7.65. The van der Waals surface area contributed by atoms with Crippen LogP contribution in [0.1, 0.15) is 38.3 Å². The zero-order valence-electron chi connectivity index (χ0n) is 15.6. The van der Waals surface area contributed by atoms with Gasteiger partial charge in [-0.05, 0) is 58.0 Å². The summed E-state index contributed by atoms with van der Waals surface area (Å²) >= 11 is 0. The average molecular weight is 356 g/mol. The lowest BCUT2D eigenvalue weighted by molar-refractivity contribution is -0.143. The molecule has 2 aliphatic rings. The van der Waals surface area contributed by atoms with Gasteiger partial charge in [0, 0.05) is 36.3 Å². The zero-order chi connectivity index (χ0) is 18.1. The quantitative estimate of drug-likeness (QED) is 0.915. The van der Waals surface area contributed by atoms with Crippen LogP contribution >= 0.6 is 0 Å². The molecule has 2 aromatic heterocycles. The number of nitrogens with one attached hydrogen (secondary N) is 1. The summed E-state index contributed by atoms with van der Waals surface area (Å²) in [6.45, 7) is 7.82. The molecule has 4 heterocycles. The minimum absolute atomic E-state index is 0.0890. The summed E-state index contributed by atoms with van der Waals surface area (Å²) in [5, 5.41) is 4.55. The van der Waals surface area contributed by atoms with E-state index in [0.717, 1.165) is 37.0 Å². The minimum Gasteiger partial charge on any atom is -0.372 e. The van der Waals surface area contributed by atoms with Crippen LogP contribution in [0.3, 0.4) is 0 Å². The van der Waals surface area contributed by atoms with Crippen LogP contribution in [-0.4, -0.2) is 58.7 Å². The molecule has 140 valence electrons. The zero-order valence-corrected chi connectivity index (χ0v) is 15.6. The van der Waals surface area contributed by atoms with E-state index in [9.17, 15) is 4.79 Å². The van der Waals surface area contributed by atoms with E-state index in [0.29, 0.717) is 25.6 Å². The molecule has 1 N–H and O–H groups in total. The van der Waals surface area contributed by atoms with Crippen LogP contribution in [0.4, 0.5) is 0 Å². The van der Waals surface area contributed by atoms with E-state index < -0.39 is 0 Å². The second kappa shape index (κ2) is 7.37. The minimum atomic E-state index is 0.0890. The molecule has 0 aliphatic carbocycles. The van der Waals surface area contributed by atoms with Crippen molar-refractivity contribution < 1.29 is 9.53 Å². The SMILES string of the molecule is C[C@@H]1CN(C(=O)Cn2c(C3CCNCC3)cc3cccnc32)C[C@@H](C)O1. The van der Waals surface area contributed by atoms with Gasteiger partial charge in [0.25, 0.3) is 0 Å². The fourth-order valence-electron chi connectivity index (χ4n) is 4.35. The summed E-state index contributed by atoms with van der Waals surface area (Å²) in [6, 6.07) is 6.29. The highest BCUT2D eigenvalue weighted by molar-refractivity contribution is 5.82. The number of carbonyl (C=O) groups excluding carboxylic acids is 1. The molecular weight excluding hydrogens is 328 g/mol. The van der Waals surface area contributed by atoms with E-state index in [2.05, 4.69) is 27.0 Å². The predicted octanol–water partition coefficient (Wildman–Crippen LogP) is 2.14. The van der Waals surface area contributed by atoms with Crippen molar-refractivity contribution in [1.29, 1.82) is 0 Å². The van der Waals surface area contributed by atoms with Gasteiger partial charge in [0.1, 0.15) is 12.2 Å². The average Bonchev–Trinajstić information content (AvgIpc) is 3.00. The molecular formula is C20H28N4O2. The van der Waals surface area contributed by atoms with Crippen molar-refractivity contribution in [2.45, 2.75) is 51.4 Å². The maximum atomic E-state index is 13.0. The predicted molar refractivity (Wildman–Crippen MR) is 101 cm³/mol. The third kappa shape index (κ3) is 3.48. The number of morpholine rings is 1. The molecule has 0 spiro atoms. The summed E-state index contributed by atoms with van der Waals surface area (Å²) in [5.41, 5.74) is 2.17. The van der Waals surface area contributed by atoms with E-state index in [1.54, 1.807) is 0 Å². The van der Waals surface area contributed by atoms with Crippen molar-refractivity contribution in [2.24, 2.45) is 0 Å². The number of hydrogen-bond acceptors (Lipinski definition) is 4. The molecule has 6 nitrogen and oxygen atoms in total. The summed E-state index contributed by atoms with van der Waals surface area (Å²) in [7, 11) is 0. The third-order valence-corrected chi connectivity index (χ3v) is 5.51. The molecule has 26 heavy (non-hydrogen) atoms. The number of piperidine rings is 1. The van der Waals surface area contributed by atoms with Crippen LogP contribution < -0.4 is 5.32 Å². The molecule has 2 aromatic rings. The Kier molecular flexibility index (Phi) is 4.96. The maximum absolute atomic E-state index is 13.0. The lowest BCUT2D eigenvalue weighted by atomic mass is 9.94. The van der Waals surface area contributed by atoms with Crippen molar-refractivity contribution in [1.82, 2.24) is 19.8 Å². The van der Waals surface area contributed by atoms with Crippen molar-refractivity contribution in [3.05, 3.63) is 30.1 Å². The van der Waals surface area contributed by atoms with Gasteiger partial charge in [0.05, 0.1) is 12.2 Å². The van der Waals surface area contributed by atoms with Gasteiger partial charge in [-0.1, -0.05) is 0 Å². The van der Waals surface area contributed by atoms with Crippen LogP contribution in [0.25, 0.3) is 11.0 Å². The van der Waals surface area contributed by atoms with Gasteiger partial charge in [0.2, 0.25) is 5.91 Å². The van der Waals surface area contributed by atoms with Gasteiger partial charge < -0.3 is 19.5 Å². The van der Waals surface area contributed by atoms with Crippen LogP contribution in [0.15, 0.2) is 24.4 Å². The van der Waals surface area contributed by atoms with Crippen molar-refractivity contribution in [2.75, 3.05) is 26.2 Å². The highest BCUT2D eigenvalue weighted by atomic mass is 16.5. The molecule has 0 saturated carbocycles.